The summed E-state index contributed by atoms with van der Waals surface area (Å²) >= 11 is 1.18. The number of allylic oxidation sites excluding steroid dienone is 1. The van der Waals surface area contributed by atoms with Crippen molar-refractivity contribution in [1.29, 1.82) is 0 Å². The van der Waals surface area contributed by atoms with Gasteiger partial charge < -0.3 is 9.84 Å². The van der Waals surface area contributed by atoms with Gasteiger partial charge in [0.15, 0.2) is 16.7 Å². The molecule has 10 heteroatoms. The summed E-state index contributed by atoms with van der Waals surface area (Å²) in [4.78, 5) is 43.4. The minimum Gasteiger partial charge on any atom is -0.503 e. The SMILES string of the molecule is COc1ccc2nc(N3C(=O)C(O)=C(C(=O)C=Cc4ccccc4)C3c3cccc([N+](=O)[O-])c3)sc2c1. The molecule has 0 radical (unpaired) electrons. The molecule has 1 aliphatic heterocycles. The molecule has 5 rings (SSSR count). The van der Waals surface area contributed by atoms with Crippen LogP contribution in [0.3, 0.4) is 0 Å². The highest BCUT2D eigenvalue weighted by molar-refractivity contribution is 7.22. The fourth-order valence-electron chi connectivity index (χ4n) is 4.13. The molecule has 0 bridgehead atoms. The summed E-state index contributed by atoms with van der Waals surface area (Å²) in [5.41, 5.74) is 1.24. The molecule has 0 aliphatic carbocycles. The normalized spacial score (nSPS) is 15.6. The number of methoxy groups -OCH3 is 1. The van der Waals surface area contributed by atoms with Gasteiger partial charge in [0.25, 0.3) is 11.6 Å². The number of nitro groups is 1. The number of nitro benzene ring substituents is 1. The molecular formula is C27H19N3O6S. The van der Waals surface area contributed by atoms with E-state index in [0.717, 1.165) is 10.3 Å². The summed E-state index contributed by atoms with van der Waals surface area (Å²) in [6.45, 7) is 0. The molecule has 1 amide bonds. The zero-order chi connectivity index (χ0) is 26.1. The average Bonchev–Trinajstić information content (AvgIpc) is 3.45. The quantitative estimate of drug-likeness (QED) is 0.199. The molecule has 9 nitrogen and oxygen atoms in total. The van der Waals surface area contributed by atoms with Crippen molar-refractivity contribution < 1.29 is 24.4 Å². The van der Waals surface area contributed by atoms with Crippen molar-refractivity contribution >= 4 is 50.1 Å². The molecule has 1 unspecified atom stereocenters. The van der Waals surface area contributed by atoms with Crippen LogP contribution in [0.2, 0.25) is 0 Å². The first kappa shape index (κ1) is 23.9. The van der Waals surface area contributed by atoms with Gasteiger partial charge in [-0.2, -0.15) is 0 Å². The fourth-order valence-corrected chi connectivity index (χ4v) is 5.15. The Labute approximate surface area is 214 Å². The largest absolute Gasteiger partial charge is 0.503 e. The summed E-state index contributed by atoms with van der Waals surface area (Å²) < 4.78 is 5.99. The number of anilines is 1. The number of aliphatic hydroxyl groups excluding tert-OH is 1. The molecule has 1 N–H and O–H groups in total. The predicted octanol–water partition coefficient (Wildman–Crippen LogP) is 5.40. The van der Waals surface area contributed by atoms with E-state index in [1.807, 2.05) is 18.2 Å². The number of amides is 1. The number of ether oxygens (including phenoxy) is 1. The topological polar surface area (TPSA) is 123 Å². The van der Waals surface area contributed by atoms with Gasteiger partial charge in [-0.15, -0.1) is 0 Å². The number of rotatable bonds is 7. The number of hydrogen-bond acceptors (Lipinski definition) is 8. The van der Waals surface area contributed by atoms with Crippen LogP contribution in [0.4, 0.5) is 10.8 Å². The number of aliphatic hydroxyl groups is 1. The molecule has 2 heterocycles. The Bertz CT molecular complexity index is 1610. The van der Waals surface area contributed by atoms with E-state index in [1.54, 1.807) is 42.5 Å². The lowest BCUT2D eigenvalue weighted by molar-refractivity contribution is -0.384. The number of benzene rings is 3. The van der Waals surface area contributed by atoms with Crippen molar-refractivity contribution in [3.63, 3.8) is 0 Å². The third kappa shape index (κ3) is 4.45. The van der Waals surface area contributed by atoms with Gasteiger partial charge in [-0.05, 0) is 35.4 Å². The predicted molar refractivity (Wildman–Crippen MR) is 140 cm³/mol. The highest BCUT2D eigenvalue weighted by Gasteiger charge is 2.45. The number of aromatic nitrogens is 1. The maximum absolute atomic E-state index is 13.4. The van der Waals surface area contributed by atoms with Gasteiger partial charge in [-0.1, -0.05) is 59.9 Å². The number of fused-ring (bicyclic) bond motifs is 1. The molecule has 1 aliphatic rings. The number of hydrogen-bond donors (Lipinski definition) is 1. The lowest BCUT2D eigenvalue weighted by atomic mass is 9.95. The van der Waals surface area contributed by atoms with Crippen LogP contribution in [-0.4, -0.2) is 33.8 Å². The summed E-state index contributed by atoms with van der Waals surface area (Å²) in [6.07, 6.45) is 2.84. The van der Waals surface area contributed by atoms with Gasteiger partial charge >= 0.3 is 0 Å². The number of non-ortho nitro benzene ring substituents is 1. The summed E-state index contributed by atoms with van der Waals surface area (Å²) in [5.74, 6) is -1.54. The smallest absolute Gasteiger partial charge is 0.296 e. The Balaban J connectivity index is 1.63. The van der Waals surface area contributed by atoms with Crippen LogP contribution in [-0.2, 0) is 9.59 Å². The highest BCUT2D eigenvalue weighted by atomic mass is 32.1. The number of nitrogens with zero attached hydrogens (tertiary/aromatic N) is 3. The van der Waals surface area contributed by atoms with Gasteiger partial charge in [-0.25, -0.2) is 4.98 Å². The Morgan fingerprint density at radius 1 is 1.14 bits per heavy atom. The van der Waals surface area contributed by atoms with Crippen LogP contribution in [0, 0.1) is 10.1 Å². The van der Waals surface area contributed by atoms with Gasteiger partial charge in [0, 0.05) is 12.1 Å². The molecule has 0 spiro atoms. The van der Waals surface area contributed by atoms with E-state index < -0.39 is 28.4 Å². The van der Waals surface area contributed by atoms with E-state index in [-0.39, 0.29) is 16.4 Å². The third-order valence-electron chi connectivity index (χ3n) is 5.89. The van der Waals surface area contributed by atoms with E-state index in [4.69, 9.17) is 4.74 Å². The van der Waals surface area contributed by atoms with E-state index >= 15 is 0 Å². The standard InChI is InChI=1S/C27H19N3O6S/c1-36-19-11-12-20-22(15-19)37-27(28-20)29-24(17-8-5-9-18(14-17)30(34)35)23(25(32)26(29)33)21(31)13-10-16-6-3-2-4-7-16/h2-15,24,32H,1H3. The van der Waals surface area contributed by atoms with Crippen LogP contribution >= 0.6 is 11.3 Å². The van der Waals surface area contributed by atoms with Crippen LogP contribution in [0.5, 0.6) is 5.75 Å². The zero-order valence-corrected chi connectivity index (χ0v) is 20.2. The lowest BCUT2D eigenvalue weighted by Gasteiger charge is -2.24. The van der Waals surface area contributed by atoms with Crippen LogP contribution in [0.25, 0.3) is 16.3 Å². The van der Waals surface area contributed by atoms with Crippen molar-refractivity contribution in [2.45, 2.75) is 6.04 Å². The van der Waals surface area contributed by atoms with E-state index in [0.29, 0.717) is 16.8 Å². The maximum atomic E-state index is 13.4. The first-order valence-corrected chi connectivity index (χ1v) is 11.9. The zero-order valence-electron chi connectivity index (χ0n) is 19.4. The number of ketones is 1. The molecule has 184 valence electrons. The van der Waals surface area contributed by atoms with E-state index in [9.17, 15) is 24.8 Å². The molecule has 0 saturated heterocycles. The van der Waals surface area contributed by atoms with Crippen LogP contribution in [0.1, 0.15) is 17.2 Å². The number of carbonyl (C=O) groups excluding carboxylic acids is 2. The van der Waals surface area contributed by atoms with Gasteiger partial charge in [-0.3, -0.25) is 24.6 Å². The molecule has 1 aromatic heterocycles. The molecule has 1 atom stereocenters. The number of carbonyl (C=O) groups is 2. The second kappa shape index (κ2) is 9.67. The monoisotopic (exact) mass is 513 g/mol. The summed E-state index contributed by atoms with van der Waals surface area (Å²) in [6, 6.07) is 18.8. The summed E-state index contributed by atoms with van der Waals surface area (Å²) in [7, 11) is 1.54. The second-order valence-corrected chi connectivity index (χ2v) is 9.14. The van der Waals surface area contributed by atoms with Crippen LogP contribution < -0.4 is 9.64 Å². The minimum atomic E-state index is -1.12. The van der Waals surface area contributed by atoms with Crippen LogP contribution in [0.15, 0.2) is 90.2 Å². The maximum Gasteiger partial charge on any atom is 0.296 e. The van der Waals surface area contributed by atoms with Gasteiger partial charge in [0.2, 0.25) is 0 Å². The molecule has 0 fully saturated rings. The molecule has 0 saturated carbocycles. The van der Waals surface area contributed by atoms with E-state index in [1.165, 1.54) is 47.6 Å². The van der Waals surface area contributed by atoms with Crippen molar-refractivity contribution in [3.05, 3.63) is 111 Å². The molecule has 3 aromatic carbocycles. The lowest BCUT2D eigenvalue weighted by Crippen LogP contribution is -2.30. The Kier molecular flexibility index (Phi) is 6.24. The third-order valence-corrected chi connectivity index (χ3v) is 6.90. The van der Waals surface area contributed by atoms with Gasteiger partial charge in [0.05, 0.1) is 33.9 Å². The first-order valence-electron chi connectivity index (χ1n) is 11.1. The molecule has 4 aromatic rings. The fraction of sp³-hybridized carbons (Fsp3) is 0.0741. The Morgan fingerprint density at radius 2 is 1.92 bits per heavy atom. The molecule has 37 heavy (non-hydrogen) atoms. The highest BCUT2D eigenvalue weighted by Crippen LogP contribution is 2.44. The summed E-state index contributed by atoms with van der Waals surface area (Å²) in [5, 5.41) is 22.6. The van der Waals surface area contributed by atoms with Crippen molar-refractivity contribution in [1.82, 2.24) is 4.98 Å². The van der Waals surface area contributed by atoms with Crippen molar-refractivity contribution in [2.75, 3.05) is 12.0 Å². The molecular weight excluding hydrogens is 494 g/mol. The van der Waals surface area contributed by atoms with Crippen molar-refractivity contribution in [3.8, 4) is 5.75 Å². The van der Waals surface area contributed by atoms with Crippen molar-refractivity contribution in [2.24, 2.45) is 0 Å². The first-order chi connectivity index (χ1) is 17.9. The Morgan fingerprint density at radius 3 is 2.65 bits per heavy atom. The number of thiazole rings is 1. The minimum absolute atomic E-state index is 0.186. The van der Waals surface area contributed by atoms with E-state index in [2.05, 4.69) is 4.98 Å². The Hall–Kier alpha value is -4.83. The average molecular weight is 514 g/mol. The van der Waals surface area contributed by atoms with Gasteiger partial charge in [0.1, 0.15) is 5.75 Å². The second-order valence-electron chi connectivity index (χ2n) is 8.13.